The summed E-state index contributed by atoms with van der Waals surface area (Å²) < 4.78 is 0. The van der Waals surface area contributed by atoms with E-state index in [1.165, 1.54) is 0 Å². The predicted molar refractivity (Wildman–Crippen MR) is 72.2 cm³/mol. The maximum Gasteiger partial charge on any atom is 0.305 e. The zero-order valence-corrected chi connectivity index (χ0v) is 11.9. The Kier molecular flexibility index (Phi) is 4.93. The second-order valence-corrected chi connectivity index (χ2v) is 5.52. The molecule has 7 nitrogen and oxygen atoms in total. The molecule has 0 bridgehead atoms. The number of carboxylic acid groups (broad SMARTS) is 1. The summed E-state index contributed by atoms with van der Waals surface area (Å²) in [6.07, 6.45) is 2.95. The molecule has 0 aromatic heterocycles. The first-order chi connectivity index (χ1) is 9.99. The molecule has 21 heavy (non-hydrogen) atoms. The molecule has 2 heterocycles. The fraction of sp³-hybridized carbons (Fsp3) is 0.714. The fourth-order valence-electron chi connectivity index (χ4n) is 2.97. The molecule has 2 aliphatic rings. The minimum atomic E-state index is -0.912. The summed E-state index contributed by atoms with van der Waals surface area (Å²) in [6, 6.07) is -0.270. The highest BCUT2D eigenvalue weighted by molar-refractivity contribution is 6.02. The van der Waals surface area contributed by atoms with Crippen molar-refractivity contribution < 1.29 is 24.3 Å². The summed E-state index contributed by atoms with van der Waals surface area (Å²) >= 11 is 0. The van der Waals surface area contributed by atoms with E-state index in [0.29, 0.717) is 13.0 Å². The minimum absolute atomic E-state index is 0.0483. The Morgan fingerprint density at radius 1 is 1.14 bits per heavy atom. The zero-order chi connectivity index (χ0) is 15.4. The molecule has 2 aliphatic heterocycles. The smallest absolute Gasteiger partial charge is 0.305 e. The van der Waals surface area contributed by atoms with Gasteiger partial charge in [-0.1, -0.05) is 0 Å². The van der Waals surface area contributed by atoms with Gasteiger partial charge in [0.15, 0.2) is 0 Å². The second-order valence-electron chi connectivity index (χ2n) is 5.52. The van der Waals surface area contributed by atoms with E-state index in [4.69, 9.17) is 5.11 Å². The van der Waals surface area contributed by atoms with Crippen molar-refractivity contribution in [1.29, 1.82) is 0 Å². The monoisotopic (exact) mass is 296 g/mol. The van der Waals surface area contributed by atoms with Crippen molar-refractivity contribution in [2.45, 2.75) is 51.0 Å². The Balaban J connectivity index is 1.90. The van der Waals surface area contributed by atoms with E-state index in [1.807, 2.05) is 0 Å². The largest absolute Gasteiger partial charge is 0.481 e. The lowest BCUT2D eigenvalue weighted by molar-refractivity contribution is -0.142. The van der Waals surface area contributed by atoms with Crippen LogP contribution in [0.15, 0.2) is 0 Å². The van der Waals surface area contributed by atoms with Gasteiger partial charge in [-0.15, -0.1) is 0 Å². The number of imide groups is 1. The number of piperidine rings is 1. The number of carbonyl (C=O) groups is 4. The summed E-state index contributed by atoms with van der Waals surface area (Å²) in [6.45, 7) is 0.658. The van der Waals surface area contributed by atoms with Gasteiger partial charge in [0.2, 0.25) is 17.7 Å². The Hall–Kier alpha value is -1.92. The van der Waals surface area contributed by atoms with Crippen molar-refractivity contribution in [1.82, 2.24) is 9.80 Å². The number of aliphatic carboxylic acids is 1. The number of hydrogen-bond donors (Lipinski definition) is 1. The summed E-state index contributed by atoms with van der Waals surface area (Å²) in [7, 11) is 0. The van der Waals surface area contributed by atoms with Gasteiger partial charge in [0.05, 0.1) is 6.42 Å². The SMILES string of the molecule is O=C(O)CC1CCCCN1C(=O)CCN1C(=O)CCC1=O. The Bertz CT molecular complexity index is 446. The quantitative estimate of drug-likeness (QED) is 0.740. The maximum absolute atomic E-state index is 12.2. The third kappa shape index (κ3) is 3.80. The van der Waals surface area contributed by atoms with Gasteiger partial charge in [0.1, 0.15) is 0 Å². The summed E-state index contributed by atoms with van der Waals surface area (Å²) in [4.78, 5) is 48.8. The van der Waals surface area contributed by atoms with Crippen LogP contribution in [0.2, 0.25) is 0 Å². The lowest BCUT2D eigenvalue weighted by Gasteiger charge is -2.35. The number of likely N-dealkylation sites (tertiary alicyclic amines) is 2. The highest BCUT2D eigenvalue weighted by Crippen LogP contribution is 2.21. The Morgan fingerprint density at radius 2 is 1.81 bits per heavy atom. The number of carboxylic acids is 1. The van der Waals surface area contributed by atoms with Crippen LogP contribution < -0.4 is 0 Å². The molecule has 1 atom stereocenters. The lowest BCUT2D eigenvalue weighted by Crippen LogP contribution is -2.46. The van der Waals surface area contributed by atoms with E-state index in [-0.39, 0.29) is 56.0 Å². The van der Waals surface area contributed by atoms with Crippen molar-refractivity contribution in [3.63, 3.8) is 0 Å². The first-order valence-corrected chi connectivity index (χ1v) is 7.33. The molecule has 0 aromatic rings. The molecule has 3 amide bonds. The van der Waals surface area contributed by atoms with Crippen LogP contribution in [-0.2, 0) is 19.2 Å². The van der Waals surface area contributed by atoms with Crippen LogP contribution in [0.1, 0.15) is 44.9 Å². The van der Waals surface area contributed by atoms with Crippen LogP contribution in [0.3, 0.4) is 0 Å². The van der Waals surface area contributed by atoms with Crippen LogP contribution in [0.4, 0.5) is 0 Å². The van der Waals surface area contributed by atoms with Crippen LogP contribution in [0.25, 0.3) is 0 Å². The average molecular weight is 296 g/mol. The van der Waals surface area contributed by atoms with Gasteiger partial charge >= 0.3 is 5.97 Å². The molecule has 1 N–H and O–H groups in total. The number of rotatable bonds is 5. The Morgan fingerprint density at radius 3 is 2.43 bits per heavy atom. The topological polar surface area (TPSA) is 95.0 Å². The molecule has 2 fully saturated rings. The third-order valence-corrected chi connectivity index (χ3v) is 4.06. The van der Waals surface area contributed by atoms with Crippen LogP contribution >= 0.6 is 0 Å². The minimum Gasteiger partial charge on any atom is -0.481 e. The van der Waals surface area contributed by atoms with Gasteiger partial charge in [0, 0.05) is 38.4 Å². The maximum atomic E-state index is 12.2. The number of amides is 3. The highest BCUT2D eigenvalue weighted by Gasteiger charge is 2.32. The van der Waals surface area contributed by atoms with Gasteiger partial charge in [-0.25, -0.2) is 0 Å². The van der Waals surface area contributed by atoms with Gasteiger partial charge in [0.25, 0.3) is 0 Å². The highest BCUT2D eigenvalue weighted by atomic mass is 16.4. The van der Waals surface area contributed by atoms with Gasteiger partial charge in [-0.2, -0.15) is 0 Å². The lowest BCUT2D eigenvalue weighted by atomic mass is 9.99. The van der Waals surface area contributed by atoms with Crippen LogP contribution in [0.5, 0.6) is 0 Å². The van der Waals surface area contributed by atoms with E-state index >= 15 is 0 Å². The molecular formula is C14H20N2O5. The first-order valence-electron chi connectivity index (χ1n) is 7.33. The molecule has 1 unspecified atom stereocenters. The Labute approximate surface area is 122 Å². The number of carbonyl (C=O) groups excluding carboxylic acids is 3. The average Bonchev–Trinajstić information content (AvgIpc) is 2.75. The van der Waals surface area contributed by atoms with Crippen molar-refractivity contribution >= 4 is 23.7 Å². The molecule has 0 aromatic carbocycles. The van der Waals surface area contributed by atoms with Crippen molar-refractivity contribution in [2.24, 2.45) is 0 Å². The standard InChI is InChI=1S/C14H20N2O5/c17-11-4-5-12(18)16(11)8-6-13(19)15-7-2-1-3-10(15)9-14(20)21/h10H,1-9H2,(H,20,21). The molecule has 0 aliphatic carbocycles. The molecule has 0 saturated carbocycles. The van der Waals surface area contributed by atoms with E-state index < -0.39 is 5.97 Å². The van der Waals surface area contributed by atoms with E-state index in [1.54, 1.807) is 4.90 Å². The van der Waals surface area contributed by atoms with Gasteiger partial charge < -0.3 is 10.0 Å². The van der Waals surface area contributed by atoms with Crippen LogP contribution in [0, 0.1) is 0 Å². The van der Waals surface area contributed by atoms with Crippen LogP contribution in [-0.4, -0.2) is 57.7 Å². The summed E-state index contributed by atoms with van der Waals surface area (Å²) in [5.41, 5.74) is 0. The zero-order valence-electron chi connectivity index (χ0n) is 11.9. The second kappa shape index (κ2) is 6.69. The molecule has 116 valence electrons. The molecule has 7 heteroatoms. The normalized spacial score (nSPS) is 22.8. The van der Waals surface area contributed by atoms with Crippen molar-refractivity contribution in [2.75, 3.05) is 13.1 Å². The van der Waals surface area contributed by atoms with E-state index in [0.717, 1.165) is 17.7 Å². The molecule has 0 radical (unpaired) electrons. The van der Waals surface area contributed by atoms with E-state index in [9.17, 15) is 19.2 Å². The summed E-state index contributed by atoms with van der Waals surface area (Å²) in [5, 5.41) is 8.90. The molecule has 0 spiro atoms. The third-order valence-electron chi connectivity index (χ3n) is 4.06. The van der Waals surface area contributed by atoms with Crippen molar-refractivity contribution in [3.05, 3.63) is 0 Å². The molecule has 2 rings (SSSR count). The number of nitrogens with zero attached hydrogens (tertiary/aromatic N) is 2. The van der Waals surface area contributed by atoms with Crippen molar-refractivity contribution in [3.8, 4) is 0 Å². The fourth-order valence-corrected chi connectivity index (χ4v) is 2.97. The summed E-state index contributed by atoms with van der Waals surface area (Å²) in [5.74, 6) is -1.54. The van der Waals surface area contributed by atoms with E-state index in [2.05, 4.69) is 0 Å². The first kappa shape index (κ1) is 15.5. The molecule has 2 saturated heterocycles. The van der Waals surface area contributed by atoms with Gasteiger partial charge in [-0.3, -0.25) is 24.1 Å². The predicted octanol–water partition coefficient (Wildman–Crippen LogP) is 0.381. The molecular weight excluding hydrogens is 276 g/mol. The number of hydrogen-bond acceptors (Lipinski definition) is 4. The van der Waals surface area contributed by atoms with Gasteiger partial charge in [-0.05, 0) is 19.3 Å².